The Morgan fingerprint density at radius 3 is 2.33 bits per heavy atom. The summed E-state index contributed by atoms with van der Waals surface area (Å²) in [6.07, 6.45) is 1.91. The van der Waals surface area contributed by atoms with Crippen molar-refractivity contribution in [3.8, 4) is 0 Å². The van der Waals surface area contributed by atoms with Gasteiger partial charge in [0.1, 0.15) is 0 Å². The van der Waals surface area contributed by atoms with Crippen molar-refractivity contribution in [3.05, 3.63) is 29.8 Å². The minimum absolute atomic E-state index is 0.0219. The van der Waals surface area contributed by atoms with Crippen molar-refractivity contribution >= 4 is 15.9 Å². The third-order valence-electron chi connectivity index (χ3n) is 3.23. The van der Waals surface area contributed by atoms with Crippen molar-refractivity contribution in [2.45, 2.75) is 51.0 Å². The molecular formula is C15H24N2O3S. The van der Waals surface area contributed by atoms with Crippen LogP contribution in [0.1, 0.15) is 39.2 Å². The summed E-state index contributed by atoms with van der Waals surface area (Å²) in [4.78, 5) is 11.9. The van der Waals surface area contributed by atoms with Crippen LogP contribution in [-0.4, -0.2) is 26.9 Å². The van der Waals surface area contributed by atoms with Gasteiger partial charge in [-0.05, 0) is 37.5 Å². The monoisotopic (exact) mass is 312 g/mol. The Labute approximate surface area is 127 Å². The molecule has 0 aliphatic carbocycles. The molecular weight excluding hydrogens is 288 g/mol. The molecule has 0 unspecified atom stereocenters. The van der Waals surface area contributed by atoms with Gasteiger partial charge in [0.25, 0.3) is 0 Å². The molecule has 1 atom stereocenters. The highest BCUT2D eigenvalue weighted by Crippen LogP contribution is 2.11. The summed E-state index contributed by atoms with van der Waals surface area (Å²) in [6, 6.07) is 6.83. The van der Waals surface area contributed by atoms with E-state index < -0.39 is 10.0 Å². The molecule has 0 saturated heterocycles. The Morgan fingerprint density at radius 2 is 1.81 bits per heavy atom. The van der Waals surface area contributed by atoms with Crippen LogP contribution in [0.25, 0.3) is 0 Å². The zero-order valence-corrected chi connectivity index (χ0v) is 13.7. The van der Waals surface area contributed by atoms with Crippen LogP contribution in [-0.2, 0) is 21.2 Å². The van der Waals surface area contributed by atoms with E-state index in [1.165, 1.54) is 0 Å². The lowest BCUT2D eigenvalue weighted by atomic mass is 10.1. The van der Waals surface area contributed by atoms with E-state index in [2.05, 4.69) is 10.0 Å². The van der Waals surface area contributed by atoms with Crippen LogP contribution < -0.4 is 10.0 Å². The second kappa shape index (κ2) is 8.14. The summed E-state index contributed by atoms with van der Waals surface area (Å²) in [5, 5.41) is 2.91. The van der Waals surface area contributed by atoms with Crippen LogP contribution in [0.4, 0.5) is 0 Å². The van der Waals surface area contributed by atoms with Gasteiger partial charge < -0.3 is 5.32 Å². The van der Waals surface area contributed by atoms with Crippen molar-refractivity contribution in [2.24, 2.45) is 0 Å². The minimum atomic E-state index is -3.41. The highest BCUT2D eigenvalue weighted by molar-refractivity contribution is 7.89. The summed E-state index contributed by atoms with van der Waals surface area (Å²) in [5.41, 5.74) is 0.949. The van der Waals surface area contributed by atoms with E-state index in [4.69, 9.17) is 0 Å². The van der Waals surface area contributed by atoms with E-state index in [9.17, 15) is 13.2 Å². The number of sulfonamides is 1. The van der Waals surface area contributed by atoms with Gasteiger partial charge in [0.2, 0.25) is 15.9 Å². The van der Waals surface area contributed by atoms with Crippen LogP contribution in [0.5, 0.6) is 0 Å². The molecule has 0 radical (unpaired) electrons. The molecule has 0 saturated carbocycles. The lowest BCUT2D eigenvalue weighted by Crippen LogP contribution is -2.32. The Hall–Kier alpha value is -1.40. The molecule has 0 aromatic heterocycles. The van der Waals surface area contributed by atoms with Crippen molar-refractivity contribution in [2.75, 3.05) is 6.54 Å². The molecule has 1 aromatic carbocycles. The average molecular weight is 312 g/mol. The quantitative estimate of drug-likeness (QED) is 0.769. The number of aryl methyl sites for hydroxylation is 1. The minimum Gasteiger partial charge on any atom is -0.354 e. The first-order chi connectivity index (χ1) is 9.89. The predicted molar refractivity (Wildman–Crippen MR) is 83.5 cm³/mol. The van der Waals surface area contributed by atoms with E-state index in [0.717, 1.165) is 12.0 Å². The summed E-state index contributed by atoms with van der Waals surface area (Å²) in [5.74, 6) is 0.0219. The normalized spacial score (nSPS) is 12.9. The molecule has 0 bridgehead atoms. The lowest BCUT2D eigenvalue weighted by molar-refractivity contribution is -0.121. The number of hydrogen-bond donors (Lipinski definition) is 2. The van der Waals surface area contributed by atoms with Crippen molar-refractivity contribution < 1.29 is 13.2 Å². The Morgan fingerprint density at radius 1 is 1.19 bits per heavy atom. The maximum Gasteiger partial charge on any atom is 0.240 e. The summed E-state index contributed by atoms with van der Waals surface area (Å²) in [7, 11) is -3.41. The predicted octanol–water partition coefficient (Wildman–Crippen LogP) is 1.83. The third-order valence-corrected chi connectivity index (χ3v) is 4.79. The van der Waals surface area contributed by atoms with Gasteiger partial charge in [-0.2, -0.15) is 0 Å². The Kier molecular flexibility index (Phi) is 6.84. The highest BCUT2D eigenvalue weighted by Gasteiger charge is 2.12. The third kappa shape index (κ3) is 5.85. The Bertz CT molecular complexity index is 553. The fourth-order valence-corrected chi connectivity index (χ4v) is 2.86. The first kappa shape index (κ1) is 17.7. The molecule has 0 fully saturated rings. The maximum absolute atomic E-state index is 11.8. The van der Waals surface area contributed by atoms with Gasteiger partial charge in [0.15, 0.2) is 0 Å². The van der Waals surface area contributed by atoms with E-state index in [1.807, 2.05) is 13.8 Å². The number of rotatable bonds is 8. The van der Waals surface area contributed by atoms with Crippen LogP contribution >= 0.6 is 0 Å². The van der Waals surface area contributed by atoms with Crippen molar-refractivity contribution in [1.82, 2.24) is 10.0 Å². The first-order valence-corrected chi connectivity index (χ1v) is 8.75. The molecule has 0 aliphatic rings. The molecule has 5 nitrogen and oxygen atoms in total. The summed E-state index contributed by atoms with van der Waals surface area (Å²) >= 11 is 0. The van der Waals surface area contributed by atoms with Gasteiger partial charge in [-0.3, -0.25) is 4.79 Å². The molecule has 6 heteroatoms. The molecule has 0 heterocycles. The number of amides is 1. The average Bonchev–Trinajstić information content (AvgIpc) is 2.45. The highest BCUT2D eigenvalue weighted by atomic mass is 32.2. The Balaban J connectivity index is 2.58. The zero-order valence-electron chi connectivity index (χ0n) is 12.8. The van der Waals surface area contributed by atoms with Crippen molar-refractivity contribution in [3.63, 3.8) is 0 Å². The maximum atomic E-state index is 11.8. The second-order valence-corrected chi connectivity index (χ2v) is 6.79. The van der Waals surface area contributed by atoms with Crippen LogP contribution in [0, 0.1) is 0 Å². The first-order valence-electron chi connectivity index (χ1n) is 7.27. The smallest absolute Gasteiger partial charge is 0.240 e. The largest absolute Gasteiger partial charge is 0.354 e. The lowest BCUT2D eigenvalue weighted by Gasteiger charge is -2.11. The molecule has 1 aromatic rings. The molecule has 1 rings (SSSR count). The van der Waals surface area contributed by atoms with E-state index >= 15 is 0 Å². The number of hydrogen-bond acceptors (Lipinski definition) is 3. The van der Waals surface area contributed by atoms with E-state index in [1.54, 1.807) is 31.2 Å². The molecule has 1 amide bonds. The van der Waals surface area contributed by atoms with Gasteiger partial charge in [0.05, 0.1) is 4.90 Å². The van der Waals surface area contributed by atoms with Crippen LogP contribution in [0.15, 0.2) is 29.2 Å². The van der Waals surface area contributed by atoms with Gasteiger partial charge in [0, 0.05) is 19.0 Å². The van der Waals surface area contributed by atoms with E-state index in [0.29, 0.717) is 19.4 Å². The van der Waals surface area contributed by atoms with E-state index in [-0.39, 0.29) is 16.8 Å². The number of benzene rings is 1. The molecule has 118 valence electrons. The molecule has 0 spiro atoms. The molecule has 2 N–H and O–H groups in total. The standard InChI is InChI=1S/C15H24N2O3S/c1-4-12(3)17-15(18)11-8-13-6-9-14(10-7-13)21(19,20)16-5-2/h6-7,9-10,12,16H,4-5,8,11H2,1-3H3,(H,17,18)/t12-/m0/s1. The fraction of sp³-hybridized carbons (Fsp3) is 0.533. The summed E-state index contributed by atoms with van der Waals surface area (Å²) < 4.78 is 26.0. The van der Waals surface area contributed by atoms with Gasteiger partial charge in [-0.1, -0.05) is 26.0 Å². The SMILES string of the molecule is CCNS(=O)(=O)c1ccc(CCC(=O)N[C@@H](C)CC)cc1. The van der Waals surface area contributed by atoms with Gasteiger partial charge >= 0.3 is 0 Å². The fourth-order valence-electron chi connectivity index (χ4n) is 1.82. The summed E-state index contributed by atoms with van der Waals surface area (Å²) in [6.45, 7) is 6.09. The topological polar surface area (TPSA) is 75.3 Å². The second-order valence-electron chi connectivity index (χ2n) is 5.02. The molecule has 21 heavy (non-hydrogen) atoms. The van der Waals surface area contributed by atoms with Crippen molar-refractivity contribution in [1.29, 1.82) is 0 Å². The zero-order chi connectivity index (χ0) is 15.9. The molecule has 0 aliphatic heterocycles. The number of nitrogens with one attached hydrogen (secondary N) is 2. The van der Waals surface area contributed by atoms with Gasteiger partial charge in [-0.25, -0.2) is 13.1 Å². The van der Waals surface area contributed by atoms with Crippen LogP contribution in [0.3, 0.4) is 0 Å². The number of carbonyl (C=O) groups is 1. The number of carbonyl (C=O) groups excluding carboxylic acids is 1. The van der Waals surface area contributed by atoms with Gasteiger partial charge in [-0.15, -0.1) is 0 Å². The van der Waals surface area contributed by atoms with Crippen LogP contribution in [0.2, 0.25) is 0 Å².